The summed E-state index contributed by atoms with van der Waals surface area (Å²) in [5.41, 5.74) is 0.969. The minimum atomic E-state index is -1.17. The highest BCUT2D eigenvalue weighted by Crippen LogP contribution is 2.31. The molecule has 0 bridgehead atoms. The van der Waals surface area contributed by atoms with E-state index >= 15 is 0 Å². The normalized spacial score (nSPS) is 10.9. The Kier molecular flexibility index (Phi) is 6.85. The van der Waals surface area contributed by atoms with Gasteiger partial charge in [-0.1, -0.05) is 23.7 Å². The number of carbonyl (C=O) groups is 2. The second-order valence-corrected chi connectivity index (χ2v) is 6.31. The first kappa shape index (κ1) is 20.3. The minimum absolute atomic E-state index is 0.0541. The summed E-state index contributed by atoms with van der Waals surface area (Å²) in [6.45, 7) is 3.87. The zero-order valence-corrected chi connectivity index (χ0v) is 15.9. The summed E-state index contributed by atoms with van der Waals surface area (Å²) in [5.74, 6) is -0.776. The van der Waals surface area contributed by atoms with Crippen LogP contribution in [0.25, 0.3) is 6.08 Å². The molecule has 2 aromatic carbocycles. The van der Waals surface area contributed by atoms with E-state index in [1.807, 2.05) is 38.1 Å². The van der Waals surface area contributed by atoms with Crippen LogP contribution in [-0.2, 0) is 4.79 Å². The number of amides is 1. The summed E-state index contributed by atoms with van der Waals surface area (Å²) in [6, 6.07) is 9.94. The van der Waals surface area contributed by atoms with Crippen molar-refractivity contribution in [2.24, 2.45) is 0 Å². The number of nitrogens with one attached hydrogen (secondary N) is 1. The third kappa shape index (κ3) is 5.76. The molecule has 2 aromatic rings. The van der Waals surface area contributed by atoms with Gasteiger partial charge in [0.25, 0.3) is 0 Å². The quantitative estimate of drug-likeness (QED) is 0.681. The van der Waals surface area contributed by atoms with Gasteiger partial charge in [0, 0.05) is 12.1 Å². The number of rotatable bonds is 7. The maximum absolute atomic E-state index is 12.2. The zero-order valence-electron chi connectivity index (χ0n) is 15.2. The molecule has 2 rings (SSSR count). The molecule has 27 heavy (non-hydrogen) atoms. The van der Waals surface area contributed by atoms with E-state index in [1.165, 1.54) is 25.3 Å². The molecule has 0 spiro atoms. The molecule has 0 heterocycles. The SMILES string of the molecule is COc1cc(NC(=O)/C=C/c2cccc(OC(C)C)c2)c(Cl)cc1C(=O)O. The first-order chi connectivity index (χ1) is 12.8. The number of carboxylic acids is 1. The number of hydrogen-bond acceptors (Lipinski definition) is 4. The molecule has 0 aliphatic heterocycles. The molecule has 0 saturated heterocycles. The molecule has 0 unspecified atom stereocenters. The lowest BCUT2D eigenvalue weighted by molar-refractivity contribution is -0.111. The summed E-state index contributed by atoms with van der Waals surface area (Å²) in [4.78, 5) is 23.3. The topological polar surface area (TPSA) is 84.9 Å². The van der Waals surface area contributed by atoms with E-state index < -0.39 is 11.9 Å². The maximum atomic E-state index is 12.2. The molecule has 0 radical (unpaired) electrons. The molecule has 0 atom stereocenters. The summed E-state index contributed by atoms with van der Waals surface area (Å²) in [5, 5.41) is 11.8. The summed E-state index contributed by atoms with van der Waals surface area (Å²) in [6.07, 6.45) is 3.04. The Bertz CT molecular complexity index is 877. The minimum Gasteiger partial charge on any atom is -0.496 e. The van der Waals surface area contributed by atoms with Crippen molar-refractivity contribution in [2.75, 3.05) is 12.4 Å². The number of benzene rings is 2. The van der Waals surface area contributed by atoms with Crippen molar-refractivity contribution >= 4 is 35.2 Å². The van der Waals surface area contributed by atoms with Crippen molar-refractivity contribution in [3.8, 4) is 11.5 Å². The van der Waals surface area contributed by atoms with Crippen LogP contribution in [0, 0.1) is 0 Å². The molecular weight excluding hydrogens is 370 g/mol. The fourth-order valence-electron chi connectivity index (χ4n) is 2.30. The number of aromatic carboxylic acids is 1. The lowest BCUT2D eigenvalue weighted by Gasteiger charge is -2.11. The van der Waals surface area contributed by atoms with Crippen LogP contribution in [0.3, 0.4) is 0 Å². The maximum Gasteiger partial charge on any atom is 0.339 e. The van der Waals surface area contributed by atoms with Gasteiger partial charge in [0.05, 0.1) is 23.9 Å². The van der Waals surface area contributed by atoms with Crippen molar-refractivity contribution in [3.63, 3.8) is 0 Å². The van der Waals surface area contributed by atoms with E-state index in [9.17, 15) is 9.59 Å². The number of methoxy groups -OCH3 is 1. The predicted octanol–water partition coefficient (Wildman–Crippen LogP) is 4.49. The first-order valence-corrected chi connectivity index (χ1v) is 8.54. The largest absolute Gasteiger partial charge is 0.496 e. The molecule has 2 N–H and O–H groups in total. The van der Waals surface area contributed by atoms with Crippen molar-refractivity contribution in [3.05, 3.63) is 58.6 Å². The fourth-order valence-corrected chi connectivity index (χ4v) is 2.51. The van der Waals surface area contributed by atoms with E-state index in [0.29, 0.717) is 5.75 Å². The van der Waals surface area contributed by atoms with Crippen molar-refractivity contribution in [2.45, 2.75) is 20.0 Å². The van der Waals surface area contributed by atoms with E-state index in [-0.39, 0.29) is 28.1 Å². The predicted molar refractivity (Wildman–Crippen MR) is 105 cm³/mol. The molecule has 0 fully saturated rings. The fraction of sp³-hybridized carbons (Fsp3) is 0.200. The molecular formula is C20H20ClNO5. The van der Waals surface area contributed by atoms with E-state index in [1.54, 1.807) is 6.08 Å². The van der Waals surface area contributed by atoms with Crippen LogP contribution in [0.15, 0.2) is 42.5 Å². The van der Waals surface area contributed by atoms with Gasteiger partial charge in [-0.05, 0) is 43.7 Å². The summed E-state index contributed by atoms with van der Waals surface area (Å²) < 4.78 is 10.7. The van der Waals surface area contributed by atoms with Crippen molar-refractivity contribution in [1.82, 2.24) is 0 Å². The van der Waals surface area contributed by atoms with Crippen LogP contribution in [0.5, 0.6) is 11.5 Å². The molecule has 7 heteroatoms. The highest BCUT2D eigenvalue weighted by Gasteiger charge is 2.15. The smallest absolute Gasteiger partial charge is 0.339 e. The Morgan fingerprint density at radius 2 is 1.96 bits per heavy atom. The van der Waals surface area contributed by atoms with Crippen molar-refractivity contribution in [1.29, 1.82) is 0 Å². The second kappa shape index (κ2) is 9.09. The Morgan fingerprint density at radius 1 is 1.22 bits per heavy atom. The summed E-state index contributed by atoms with van der Waals surface area (Å²) in [7, 11) is 1.34. The number of hydrogen-bond donors (Lipinski definition) is 2. The number of anilines is 1. The highest BCUT2D eigenvalue weighted by atomic mass is 35.5. The molecule has 0 aromatic heterocycles. The Morgan fingerprint density at radius 3 is 2.59 bits per heavy atom. The van der Waals surface area contributed by atoms with Gasteiger partial charge < -0.3 is 19.9 Å². The lowest BCUT2D eigenvalue weighted by Crippen LogP contribution is -2.10. The Labute approximate surface area is 162 Å². The van der Waals surface area contributed by atoms with E-state index in [0.717, 1.165) is 5.56 Å². The summed E-state index contributed by atoms with van der Waals surface area (Å²) >= 11 is 6.06. The molecule has 6 nitrogen and oxygen atoms in total. The monoisotopic (exact) mass is 389 g/mol. The highest BCUT2D eigenvalue weighted by molar-refractivity contribution is 6.34. The number of carboxylic acid groups (broad SMARTS) is 1. The van der Waals surface area contributed by atoms with E-state index in [2.05, 4.69) is 5.32 Å². The van der Waals surface area contributed by atoms with Crippen LogP contribution in [0.2, 0.25) is 5.02 Å². The standard InChI is InChI=1S/C20H20ClNO5/c1-12(2)27-14-6-4-5-13(9-14)7-8-19(23)22-17-11-18(26-3)15(20(24)25)10-16(17)21/h4-12H,1-3H3,(H,22,23)(H,24,25)/b8-7+. The van der Waals surface area contributed by atoms with Crippen LogP contribution in [-0.4, -0.2) is 30.2 Å². The third-order valence-electron chi connectivity index (χ3n) is 3.43. The van der Waals surface area contributed by atoms with Gasteiger partial charge in [0.2, 0.25) is 5.91 Å². The van der Waals surface area contributed by atoms with Crippen LogP contribution >= 0.6 is 11.6 Å². The second-order valence-electron chi connectivity index (χ2n) is 5.90. The first-order valence-electron chi connectivity index (χ1n) is 8.16. The molecule has 142 valence electrons. The van der Waals surface area contributed by atoms with Crippen molar-refractivity contribution < 1.29 is 24.2 Å². The van der Waals surface area contributed by atoms with Gasteiger partial charge in [0.15, 0.2) is 0 Å². The van der Waals surface area contributed by atoms with Gasteiger partial charge in [0.1, 0.15) is 17.1 Å². The molecule has 0 aliphatic rings. The van der Waals surface area contributed by atoms with Crippen LogP contribution in [0.4, 0.5) is 5.69 Å². The van der Waals surface area contributed by atoms with Gasteiger partial charge in [-0.3, -0.25) is 4.79 Å². The lowest BCUT2D eigenvalue weighted by atomic mass is 10.1. The van der Waals surface area contributed by atoms with Gasteiger partial charge in [-0.25, -0.2) is 4.79 Å². The molecule has 1 amide bonds. The molecule has 0 saturated carbocycles. The van der Waals surface area contributed by atoms with E-state index in [4.69, 9.17) is 26.2 Å². The Hall–Kier alpha value is -2.99. The number of ether oxygens (including phenoxy) is 2. The zero-order chi connectivity index (χ0) is 20.0. The molecule has 0 aliphatic carbocycles. The van der Waals surface area contributed by atoms with Crippen LogP contribution < -0.4 is 14.8 Å². The number of halogens is 1. The van der Waals surface area contributed by atoms with Gasteiger partial charge in [-0.2, -0.15) is 0 Å². The van der Waals surface area contributed by atoms with Gasteiger partial charge >= 0.3 is 5.97 Å². The average molecular weight is 390 g/mol. The Balaban J connectivity index is 2.14. The van der Waals surface area contributed by atoms with Gasteiger partial charge in [-0.15, -0.1) is 0 Å². The number of carbonyl (C=O) groups excluding carboxylic acids is 1. The average Bonchev–Trinajstić information content (AvgIpc) is 2.61. The van der Waals surface area contributed by atoms with Crippen LogP contribution in [0.1, 0.15) is 29.8 Å². The third-order valence-corrected chi connectivity index (χ3v) is 3.75.